The summed E-state index contributed by atoms with van der Waals surface area (Å²) in [6.07, 6.45) is 1.55. The largest absolute Gasteiger partial charge is 0.457 e. The van der Waals surface area contributed by atoms with Crippen LogP contribution in [0.5, 0.6) is 11.5 Å². The third-order valence-electron chi connectivity index (χ3n) is 3.61. The Morgan fingerprint density at radius 3 is 2.44 bits per heavy atom. The van der Waals surface area contributed by atoms with E-state index in [0.717, 1.165) is 34.7 Å². The molecule has 0 saturated heterocycles. The summed E-state index contributed by atoms with van der Waals surface area (Å²) in [5.41, 5.74) is 2.88. The number of aromatic nitrogens is 2. The highest BCUT2D eigenvalue weighted by Crippen LogP contribution is 2.27. The van der Waals surface area contributed by atoms with Gasteiger partial charge >= 0.3 is 0 Å². The Bertz CT molecular complexity index is 837. The molecule has 0 fully saturated rings. The van der Waals surface area contributed by atoms with E-state index in [-0.39, 0.29) is 5.56 Å². The molecule has 0 bridgehead atoms. The fourth-order valence-corrected chi connectivity index (χ4v) is 2.39. The first-order valence-electron chi connectivity index (χ1n) is 8.14. The minimum absolute atomic E-state index is 0.191. The van der Waals surface area contributed by atoms with Gasteiger partial charge in [0.1, 0.15) is 11.5 Å². The molecule has 0 unspecified atom stereocenters. The Labute approximate surface area is 147 Å². The molecule has 128 valence electrons. The van der Waals surface area contributed by atoms with Crippen molar-refractivity contribution >= 4 is 0 Å². The second-order valence-electron chi connectivity index (χ2n) is 5.30. The van der Waals surface area contributed by atoms with Crippen molar-refractivity contribution in [3.8, 4) is 11.5 Å². The maximum Gasteiger partial charge on any atom is 0.264 e. The zero-order valence-electron chi connectivity index (χ0n) is 14.4. The lowest BCUT2D eigenvalue weighted by Gasteiger charge is -2.12. The van der Waals surface area contributed by atoms with Crippen molar-refractivity contribution in [1.82, 2.24) is 10.2 Å². The molecule has 0 aliphatic carbocycles. The Morgan fingerprint density at radius 1 is 1.04 bits per heavy atom. The van der Waals surface area contributed by atoms with Crippen molar-refractivity contribution in [2.24, 2.45) is 0 Å². The van der Waals surface area contributed by atoms with Gasteiger partial charge in [-0.05, 0) is 41.8 Å². The van der Waals surface area contributed by atoms with Gasteiger partial charge in [0.15, 0.2) is 0 Å². The fourth-order valence-electron chi connectivity index (χ4n) is 2.39. The van der Waals surface area contributed by atoms with Crippen LogP contribution in [0.2, 0.25) is 0 Å². The number of para-hydroxylation sites is 1. The number of H-pyrrole nitrogens is 1. The molecule has 0 atom stereocenters. The number of nitrogens with zero attached hydrogens (tertiary/aromatic N) is 1. The van der Waals surface area contributed by atoms with Crippen LogP contribution < -0.4 is 10.3 Å². The number of hydrogen-bond acceptors (Lipinski definition) is 3. The highest BCUT2D eigenvalue weighted by molar-refractivity contribution is 5.41. The van der Waals surface area contributed by atoms with Crippen LogP contribution >= 0.6 is 0 Å². The van der Waals surface area contributed by atoms with Crippen molar-refractivity contribution in [3.05, 3.63) is 101 Å². The van der Waals surface area contributed by atoms with Crippen LogP contribution in [0.25, 0.3) is 0 Å². The molecular weight excluding hydrogens is 312 g/mol. The van der Waals surface area contributed by atoms with Crippen molar-refractivity contribution in [3.63, 3.8) is 0 Å². The molecule has 4 heteroatoms. The first kappa shape index (κ1) is 18.2. The van der Waals surface area contributed by atoms with Gasteiger partial charge in [0.05, 0.1) is 5.69 Å². The maximum absolute atomic E-state index is 11.1. The Hall–Kier alpha value is -3.14. The molecule has 4 nitrogen and oxygen atoms in total. The summed E-state index contributed by atoms with van der Waals surface area (Å²) in [6, 6.07) is 19.2. The lowest BCUT2D eigenvalue weighted by Crippen LogP contribution is -2.07. The molecule has 0 saturated carbocycles. The number of rotatable bonds is 5. The average Bonchev–Trinajstić information content (AvgIpc) is 2.66. The van der Waals surface area contributed by atoms with Gasteiger partial charge < -0.3 is 4.74 Å². The number of nitrogens with one attached hydrogen (secondary N) is 1. The number of hydrogen-bond donors (Lipinski definition) is 1. The van der Waals surface area contributed by atoms with E-state index in [1.807, 2.05) is 36.4 Å². The number of aryl methyl sites for hydroxylation is 1. The van der Waals surface area contributed by atoms with Gasteiger partial charge in [-0.1, -0.05) is 37.3 Å². The summed E-state index contributed by atoms with van der Waals surface area (Å²) in [6.45, 7) is 8.11. The molecule has 2 aromatic carbocycles. The molecular formula is C21H22N2O2. The summed E-state index contributed by atoms with van der Waals surface area (Å²) >= 11 is 0. The smallest absolute Gasteiger partial charge is 0.264 e. The van der Waals surface area contributed by atoms with Gasteiger partial charge in [0.2, 0.25) is 0 Å². The Kier molecular flexibility index (Phi) is 6.72. The number of aromatic amines is 1. The highest BCUT2D eigenvalue weighted by atomic mass is 16.5. The van der Waals surface area contributed by atoms with Crippen molar-refractivity contribution in [2.45, 2.75) is 19.8 Å². The molecule has 25 heavy (non-hydrogen) atoms. The first-order valence-corrected chi connectivity index (χ1v) is 8.14. The van der Waals surface area contributed by atoms with Crippen LogP contribution in [0.3, 0.4) is 0 Å². The lowest BCUT2D eigenvalue weighted by atomic mass is 10.0. The van der Waals surface area contributed by atoms with Crippen LogP contribution in [0, 0.1) is 0 Å². The van der Waals surface area contributed by atoms with Crippen LogP contribution in [0.15, 0.2) is 78.6 Å². The third-order valence-corrected chi connectivity index (χ3v) is 3.61. The molecule has 3 rings (SSSR count). The second-order valence-corrected chi connectivity index (χ2v) is 5.30. The Balaban J connectivity index is 0.00000109. The Morgan fingerprint density at radius 2 is 1.80 bits per heavy atom. The molecule has 0 amide bonds. The van der Waals surface area contributed by atoms with Crippen molar-refractivity contribution < 1.29 is 4.74 Å². The number of ether oxygens (including phenoxy) is 1. The van der Waals surface area contributed by atoms with Crippen LogP contribution in [-0.4, -0.2) is 10.2 Å². The summed E-state index contributed by atoms with van der Waals surface area (Å²) in [5.74, 6) is 1.68. The van der Waals surface area contributed by atoms with Gasteiger partial charge in [-0.3, -0.25) is 4.79 Å². The van der Waals surface area contributed by atoms with E-state index in [2.05, 4.69) is 42.4 Å². The predicted octanol–water partition coefficient (Wildman–Crippen LogP) is 4.52. The summed E-state index contributed by atoms with van der Waals surface area (Å²) < 4.78 is 6.02. The van der Waals surface area contributed by atoms with E-state index in [0.29, 0.717) is 6.42 Å². The average molecular weight is 334 g/mol. The summed E-state index contributed by atoms with van der Waals surface area (Å²) in [7, 11) is 0. The van der Waals surface area contributed by atoms with Gasteiger partial charge in [-0.15, -0.1) is 13.2 Å². The minimum atomic E-state index is -0.191. The van der Waals surface area contributed by atoms with Gasteiger partial charge in [-0.25, -0.2) is 5.10 Å². The fraction of sp³-hybridized carbons (Fsp3) is 0.143. The zero-order valence-corrected chi connectivity index (χ0v) is 14.4. The monoisotopic (exact) mass is 334 g/mol. The lowest BCUT2D eigenvalue weighted by molar-refractivity contribution is 0.476. The van der Waals surface area contributed by atoms with Gasteiger partial charge in [0, 0.05) is 12.5 Å². The standard InChI is InChI=1S/C19H18N2O2.C2H4/c1-2-15-9-8-14(12-16-10-11-19(22)21-20-16)13-18(15)23-17-6-4-3-5-7-17;1-2/h3-11,13H,2,12H2,1H3,(H,21,22);1-2H2. The molecule has 1 N–H and O–H groups in total. The van der Waals surface area contributed by atoms with E-state index in [9.17, 15) is 4.79 Å². The predicted molar refractivity (Wildman–Crippen MR) is 101 cm³/mol. The number of benzene rings is 2. The SMILES string of the molecule is C=C.CCc1ccc(Cc2ccc(=O)[nH]n2)cc1Oc1ccccc1. The molecule has 1 heterocycles. The van der Waals surface area contributed by atoms with Crippen molar-refractivity contribution in [1.29, 1.82) is 0 Å². The first-order chi connectivity index (χ1) is 12.2. The molecule has 3 aromatic rings. The highest BCUT2D eigenvalue weighted by Gasteiger charge is 2.07. The molecule has 1 aromatic heterocycles. The summed E-state index contributed by atoms with van der Waals surface area (Å²) in [5, 5.41) is 6.51. The van der Waals surface area contributed by atoms with Crippen LogP contribution in [0.1, 0.15) is 23.7 Å². The van der Waals surface area contributed by atoms with Gasteiger partial charge in [0.25, 0.3) is 5.56 Å². The van der Waals surface area contributed by atoms with E-state index in [1.54, 1.807) is 6.07 Å². The van der Waals surface area contributed by atoms with E-state index >= 15 is 0 Å². The summed E-state index contributed by atoms with van der Waals surface area (Å²) in [4.78, 5) is 11.1. The second kappa shape index (κ2) is 9.23. The maximum atomic E-state index is 11.1. The quantitative estimate of drug-likeness (QED) is 0.698. The van der Waals surface area contributed by atoms with Crippen LogP contribution in [-0.2, 0) is 12.8 Å². The third kappa shape index (κ3) is 5.18. The molecule has 0 aliphatic heterocycles. The van der Waals surface area contributed by atoms with E-state index in [4.69, 9.17) is 4.74 Å². The topological polar surface area (TPSA) is 55.0 Å². The van der Waals surface area contributed by atoms with Gasteiger partial charge in [-0.2, -0.15) is 5.10 Å². The van der Waals surface area contributed by atoms with E-state index < -0.39 is 0 Å². The minimum Gasteiger partial charge on any atom is -0.457 e. The molecule has 0 radical (unpaired) electrons. The zero-order chi connectivity index (χ0) is 18.1. The normalized spacial score (nSPS) is 9.80. The van der Waals surface area contributed by atoms with Crippen molar-refractivity contribution in [2.75, 3.05) is 0 Å². The van der Waals surface area contributed by atoms with E-state index in [1.165, 1.54) is 6.07 Å². The molecule has 0 spiro atoms. The van der Waals surface area contributed by atoms with Crippen LogP contribution in [0.4, 0.5) is 0 Å². The molecule has 0 aliphatic rings.